The lowest BCUT2D eigenvalue weighted by molar-refractivity contribution is -0.151. The van der Waals surface area contributed by atoms with Crippen LogP contribution in [0.15, 0.2) is 25.3 Å². The molecule has 0 aliphatic rings. The van der Waals surface area contributed by atoms with Gasteiger partial charge in [-0.25, -0.2) is 0 Å². The van der Waals surface area contributed by atoms with Gasteiger partial charge >= 0.3 is 11.9 Å². The van der Waals surface area contributed by atoms with Crippen molar-refractivity contribution < 1.29 is 19.1 Å². The fourth-order valence-electron chi connectivity index (χ4n) is 0.515. The van der Waals surface area contributed by atoms with Gasteiger partial charge in [-0.1, -0.05) is 26.0 Å². The number of allylic oxidation sites excluding steroid dienone is 2. The zero-order valence-corrected chi connectivity index (χ0v) is 12.0. The third-order valence-corrected chi connectivity index (χ3v) is 1.19. The third kappa shape index (κ3) is 29.3. The van der Waals surface area contributed by atoms with Crippen LogP contribution in [0.1, 0.15) is 40.5 Å². The van der Waals surface area contributed by atoms with E-state index in [1.165, 1.54) is 0 Å². The van der Waals surface area contributed by atoms with Crippen molar-refractivity contribution in [3.63, 3.8) is 0 Å². The van der Waals surface area contributed by atoms with Gasteiger partial charge in [-0.15, -0.1) is 13.2 Å². The normalized spacial score (nSPS) is 7.56. The molecule has 0 saturated carbocycles. The van der Waals surface area contributed by atoms with Gasteiger partial charge in [-0.3, -0.25) is 9.59 Å². The number of hydrogen-bond donors (Lipinski definition) is 0. The molecule has 0 bridgehead atoms. The van der Waals surface area contributed by atoms with Gasteiger partial charge in [0.05, 0.1) is 0 Å². The van der Waals surface area contributed by atoms with Gasteiger partial charge in [-0.2, -0.15) is 0 Å². The lowest BCUT2D eigenvalue weighted by atomic mass is 10.5. The Bertz CT molecular complexity index is 198. The highest BCUT2D eigenvalue weighted by molar-refractivity contribution is 5.69. The molecule has 106 valence electrons. The van der Waals surface area contributed by atoms with Crippen molar-refractivity contribution in [1.29, 1.82) is 0 Å². The average molecular weight is 258 g/mol. The Hall–Kier alpha value is -1.58. The van der Waals surface area contributed by atoms with Crippen LogP contribution in [0.4, 0.5) is 0 Å². The number of ether oxygens (including phenoxy) is 2. The highest BCUT2D eigenvalue weighted by Crippen LogP contribution is 1.87. The van der Waals surface area contributed by atoms with Crippen LogP contribution in [0.2, 0.25) is 0 Å². The topological polar surface area (TPSA) is 52.6 Å². The Labute approximate surface area is 111 Å². The van der Waals surface area contributed by atoms with Crippen molar-refractivity contribution in [1.82, 2.24) is 0 Å². The zero-order chi connectivity index (χ0) is 14.8. The average Bonchev–Trinajstić information content (AvgIpc) is 2.35. The lowest BCUT2D eigenvalue weighted by Gasteiger charge is -2.03. The number of carbonyl (C=O) groups excluding carboxylic acids is 2. The van der Waals surface area contributed by atoms with E-state index in [1.54, 1.807) is 26.0 Å². The summed E-state index contributed by atoms with van der Waals surface area (Å²) in [5.74, 6) is -0.551. The van der Waals surface area contributed by atoms with Crippen LogP contribution in [-0.2, 0) is 19.1 Å². The van der Waals surface area contributed by atoms with E-state index in [-0.39, 0.29) is 25.2 Å². The maximum atomic E-state index is 10.6. The lowest BCUT2D eigenvalue weighted by Crippen LogP contribution is -2.12. The summed E-state index contributed by atoms with van der Waals surface area (Å²) in [6.45, 7) is 14.2. The van der Waals surface area contributed by atoms with Crippen molar-refractivity contribution in [3.05, 3.63) is 25.3 Å². The van der Waals surface area contributed by atoms with Gasteiger partial charge in [0.15, 0.2) is 0 Å². The summed E-state index contributed by atoms with van der Waals surface area (Å²) in [7, 11) is 0. The van der Waals surface area contributed by atoms with Crippen LogP contribution in [0.5, 0.6) is 0 Å². The monoisotopic (exact) mass is 258 g/mol. The highest BCUT2D eigenvalue weighted by Gasteiger charge is 2.00. The quantitative estimate of drug-likeness (QED) is 0.431. The van der Waals surface area contributed by atoms with E-state index >= 15 is 0 Å². The second-order valence-electron chi connectivity index (χ2n) is 2.96. The SMILES string of the molecule is C=CC.C=CC.CCC(=O)OCCOC(=O)CC. The molecular weight excluding hydrogens is 232 g/mol. The number of carbonyl (C=O) groups is 2. The molecule has 0 radical (unpaired) electrons. The van der Waals surface area contributed by atoms with E-state index in [0.29, 0.717) is 12.8 Å². The molecular formula is C14H26O4. The summed E-state index contributed by atoms with van der Waals surface area (Å²) in [6.07, 6.45) is 4.20. The Morgan fingerprint density at radius 1 is 0.889 bits per heavy atom. The molecule has 18 heavy (non-hydrogen) atoms. The predicted octanol–water partition coefficient (Wildman–Crippen LogP) is 3.28. The predicted molar refractivity (Wildman–Crippen MR) is 74.2 cm³/mol. The maximum Gasteiger partial charge on any atom is 0.305 e. The Morgan fingerprint density at radius 2 is 1.11 bits per heavy atom. The molecule has 0 aliphatic carbocycles. The molecule has 0 aromatic heterocycles. The van der Waals surface area contributed by atoms with Crippen molar-refractivity contribution in [2.24, 2.45) is 0 Å². The summed E-state index contributed by atoms with van der Waals surface area (Å²) in [6, 6.07) is 0. The minimum Gasteiger partial charge on any atom is -0.462 e. The molecule has 0 unspecified atom stereocenters. The minimum atomic E-state index is -0.275. The van der Waals surface area contributed by atoms with Gasteiger partial charge in [0.25, 0.3) is 0 Å². The van der Waals surface area contributed by atoms with Crippen LogP contribution in [0, 0.1) is 0 Å². The Morgan fingerprint density at radius 3 is 1.28 bits per heavy atom. The van der Waals surface area contributed by atoms with Crippen molar-refractivity contribution in [2.45, 2.75) is 40.5 Å². The molecule has 0 rings (SSSR count). The van der Waals surface area contributed by atoms with Gasteiger partial charge < -0.3 is 9.47 Å². The maximum absolute atomic E-state index is 10.6. The van der Waals surface area contributed by atoms with Gasteiger partial charge in [0.1, 0.15) is 13.2 Å². The van der Waals surface area contributed by atoms with E-state index in [4.69, 9.17) is 0 Å². The summed E-state index contributed by atoms with van der Waals surface area (Å²) >= 11 is 0. The molecule has 0 atom stereocenters. The van der Waals surface area contributed by atoms with Crippen LogP contribution >= 0.6 is 0 Å². The van der Waals surface area contributed by atoms with Crippen LogP contribution < -0.4 is 0 Å². The van der Waals surface area contributed by atoms with Crippen LogP contribution in [0.3, 0.4) is 0 Å². The minimum absolute atomic E-state index is 0.151. The van der Waals surface area contributed by atoms with E-state index in [1.807, 2.05) is 13.8 Å². The van der Waals surface area contributed by atoms with Crippen molar-refractivity contribution >= 4 is 11.9 Å². The van der Waals surface area contributed by atoms with E-state index in [2.05, 4.69) is 22.6 Å². The molecule has 0 heterocycles. The molecule has 0 N–H and O–H groups in total. The van der Waals surface area contributed by atoms with E-state index in [0.717, 1.165) is 0 Å². The first-order chi connectivity index (χ1) is 8.53. The summed E-state index contributed by atoms with van der Waals surface area (Å²) in [5, 5.41) is 0. The van der Waals surface area contributed by atoms with Gasteiger partial charge in [-0.05, 0) is 13.8 Å². The second-order valence-corrected chi connectivity index (χ2v) is 2.96. The zero-order valence-electron chi connectivity index (χ0n) is 12.0. The van der Waals surface area contributed by atoms with Crippen molar-refractivity contribution in [3.8, 4) is 0 Å². The molecule has 0 fully saturated rings. The number of hydrogen-bond acceptors (Lipinski definition) is 4. The first-order valence-corrected chi connectivity index (χ1v) is 5.99. The van der Waals surface area contributed by atoms with Crippen LogP contribution in [-0.4, -0.2) is 25.2 Å². The summed E-state index contributed by atoms with van der Waals surface area (Å²) in [5.41, 5.74) is 0. The molecule has 0 spiro atoms. The summed E-state index contributed by atoms with van der Waals surface area (Å²) in [4.78, 5) is 21.1. The number of esters is 2. The Balaban J connectivity index is -0.000000315. The molecule has 4 heteroatoms. The molecule has 0 aromatic carbocycles. The first-order valence-electron chi connectivity index (χ1n) is 5.99. The molecule has 0 aliphatic heterocycles. The van der Waals surface area contributed by atoms with Gasteiger partial charge in [0.2, 0.25) is 0 Å². The molecule has 0 saturated heterocycles. The highest BCUT2D eigenvalue weighted by atomic mass is 16.6. The van der Waals surface area contributed by atoms with Crippen molar-refractivity contribution in [2.75, 3.05) is 13.2 Å². The second kappa shape index (κ2) is 20.8. The Kier molecular flexibility index (Phi) is 25.0. The molecule has 4 nitrogen and oxygen atoms in total. The van der Waals surface area contributed by atoms with E-state index < -0.39 is 0 Å². The summed E-state index contributed by atoms with van der Waals surface area (Å²) < 4.78 is 9.34. The first kappa shape index (κ1) is 21.7. The van der Waals surface area contributed by atoms with Crippen LogP contribution in [0.25, 0.3) is 0 Å². The van der Waals surface area contributed by atoms with Gasteiger partial charge in [0, 0.05) is 12.8 Å². The smallest absolute Gasteiger partial charge is 0.305 e. The largest absolute Gasteiger partial charge is 0.462 e. The fourth-order valence-corrected chi connectivity index (χ4v) is 0.515. The van der Waals surface area contributed by atoms with E-state index in [9.17, 15) is 9.59 Å². The number of rotatable bonds is 5. The molecule has 0 aromatic rings. The third-order valence-electron chi connectivity index (χ3n) is 1.19. The standard InChI is InChI=1S/C8H14O4.2C3H6/c1-3-7(9)11-5-6-12-8(10)4-2;2*1-3-2/h3-6H2,1-2H3;2*3H,1H2,2H3. The fraction of sp³-hybridized carbons (Fsp3) is 0.571. The molecule has 0 amide bonds.